The van der Waals surface area contributed by atoms with Crippen LogP contribution in [0.25, 0.3) is 0 Å². The minimum absolute atomic E-state index is 0.0461. The molecule has 0 aromatic heterocycles. The van der Waals surface area contributed by atoms with E-state index in [1.165, 1.54) is 89.9 Å². The molecule has 0 aliphatic carbocycles. The van der Waals surface area contributed by atoms with Gasteiger partial charge in [-0.25, -0.2) is 0 Å². The summed E-state index contributed by atoms with van der Waals surface area (Å²) in [6.07, 6.45) is 58.2. The highest BCUT2D eigenvalue weighted by atomic mass is 16.5. The zero-order valence-electron chi connectivity index (χ0n) is 38.6. The van der Waals surface area contributed by atoms with Crippen LogP contribution >= 0.6 is 0 Å². The number of hydrogen-bond donors (Lipinski definition) is 3. The van der Waals surface area contributed by atoms with Crippen LogP contribution in [0.3, 0.4) is 0 Å². The van der Waals surface area contributed by atoms with Crippen LogP contribution in [0.1, 0.15) is 226 Å². The molecule has 0 spiro atoms. The third kappa shape index (κ3) is 41.8. The zero-order valence-corrected chi connectivity index (χ0v) is 38.6. The number of aliphatic hydroxyl groups is 2. The molecule has 3 N–H and O–H groups in total. The summed E-state index contributed by atoms with van der Waals surface area (Å²) in [6, 6.07) is -0.716. The molecule has 0 aromatic carbocycles. The minimum atomic E-state index is -0.800. The number of carbonyl (C=O) groups is 2. The van der Waals surface area contributed by atoms with Gasteiger partial charge in [0, 0.05) is 6.42 Å². The van der Waals surface area contributed by atoms with Gasteiger partial charge in [-0.15, -0.1) is 0 Å². The third-order valence-corrected chi connectivity index (χ3v) is 10.8. The molecule has 0 aromatic rings. The lowest BCUT2D eigenvalue weighted by molar-refractivity contribution is -0.151. The van der Waals surface area contributed by atoms with E-state index in [1.54, 1.807) is 0 Å². The quantitative estimate of drug-likeness (QED) is 0.0246. The second-order valence-electron chi connectivity index (χ2n) is 16.5. The molecular formula is C53H93NO5. The number of aliphatic hydroxyl groups excluding tert-OH is 2. The first kappa shape index (κ1) is 56.3. The fourth-order valence-corrected chi connectivity index (χ4v) is 7.08. The molecule has 1 amide bonds. The van der Waals surface area contributed by atoms with Crippen LogP contribution in [-0.2, 0) is 14.3 Å². The van der Waals surface area contributed by atoms with Gasteiger partial charge in [-0.2, -0.15) is 0 Å². The lowest BCUT2D eigenvalue weighted by Gasteiger charge is -2.24. The molecule has 0 saturated heterocycles. The number of ether oxygens (including phenoxy) is 1. The Balaban J connectivity index is 4.58. The van der Waals surface area contributed by atoms with E-state index in [0.717, 1.165) is 89.9 Å². The van der Waals surface area contributed by atoms with Crippen molar-refractivity contribution >= 4 is 11.9 Å². The highest BCUT2D eigenvalue weighted by molar-refractivity contribution is 5.77. The molecule has 6 nitrogen and oxygen atoms in total. The molecule has 340 valence electrons. The molecule has 0 radical (unpaired) electrons. The van der Waals surface area contributed by atoms with Crippen molar-refractivity contribution in [1.82, 2.24) is 5.32 Å². The van der Waals surface area contributed by atoms with Gasteiger partial charge in [0.1, 0.15) is 6.10 Å². The Morgan fingerprint density at radius 2 is 0.983 bits per heavy atom. The van der Waals surface area contributed by atoms with E-state index in [0.29, 0.717) is 19.3 Å². The Morgan fingerprint density at radius 1 is 0.525 bits per heavy atom. The summed E-state index contributed by atoms with van der Waals surface area (Å²) in [4.78, 5) is 26.0. The van der Waals surface area contributed by atoms with E-state index in [1.807, 2.05) is 12.2 Å². The van der Waals surface area contributed by atoms with E-state index in [-0.39, 0.29) is 24.9 Å². The predicted octanol–water partition coefficient (Wildman–Crippen LogP) is 14.6. The van der Waals surface area contributed by atoms with Gasteiger partial charge in [0.25, 0.3) is 0 Å². The zero-order chi connectivity index (χ0) is 43.1. The maximum atomic E-state index is 13.1. The maximum absolute atomic E-state index is 13.1. The summed E-state index contributed by atoms with van der Waals surface area (Å²) < 4.78 is 5.89. The Kier molecular flexibility index (Phi) is 44.2. The minimum Gasteiger partial charge on any atom is -0.462 e. The number of amides is 1. The predicted molar refractivity (Wildman–Crippen MR) is 255 cm³/mol. The van der Waals surface area contributed by atoms with E-state index in [9.17, 15) is 19.8 Å². The molecule has 0 bridgehead atoms. The first-order valence-corrected chi connectivity index (χ1v) is 24.7. The highest BCUT2D eigenvalue weighted by Gasteiger charge is 2.24. The Morgan fingerprint density at radius 3 is 1.58 bits per heavy atom. The molecule has 0 heterocycles. The smallest absolute Gasteiger partial charge is 0.306 e. The van der Waals surface area contributed by atoms with E-state index in [4.69, 9.17) is 4.74 Å². The van der Waals surface area contributed by atoms with Gasteiger partial charge in [-0.1, -0.05) is 203 Å². The van der Waals surface area contributed by atoms with E-state index in [2.05, 4.69) is 86.8 Å². The van der Waals surface area contributed by atoms with Gasteiger partial charge in [-0.3, -0.25) is 9.59 Å². The normalized spacial score (nSPS) is 13.9. The average molecular weight is 824 g/mol. The van der Waals surface area contributed by atoms with Gasteiger partial charge in [0.2, 0.25) is 5.91 Å². The Labute approximate surface area is 364 Å². The number of hydrogen-bond acceptors (Lipinski definition) is 5. The van der Waals surface area contributed by atoms with Crippen LogP contribution in [0, 0.1) is 0 Å². The maximum Gasteiger partial charge on any atom is 0.306 e. The number of esters is 1. The molecule has 0 saturated carbocycles. The van der Waals surface area contributed by atoms with Gasteiger partial charge in [0.15, 0.2) is 0 Å². The highest BCUT2D eigenvalue weighted by Crippen LogP contribution is 2.17. The molecule has 0 rings (SSSR count). The van der Waals surface area contributed by atoms with Crippen LogP contribution in [0.2, 0.25) is 0 Å². The van der Waals surface area contributed by atoms with Crippen LogP contribution in [0.15, 0.2) is 72.9 Å². The fourth-order valence-electron chi connectivity index (χ4n) is 7.08. The van der Waals surface area contributed by atoms with Crippen molar-refractivity contribution in [2.24, 2.45) is 0 Å². The van der Waals surface area contributed by atoms with Gasteiger partial charge in [0.05, 0.1) is 25.2 Å². The van der Waals surface area contributed by atoms with Crippen LogP contribution < -0.4 is 5.32 Å². The number of rotatable bonds is 43. The standard InChI is InChI=1S/C53H93NO5/c1-4-7-10-13-16-19-22-23-24-25-26-27-28-29-31-34-37-40-43-46-53(58)59-49(44-41-38-35-32-30-20-17-14-11-8-5-2)47-52(57)54-50(48-55)51(56)45-42-39-36-33-21-18-15-12-9-6-3/h8,11,14,16-17,19-20,23-24,26-27,30,49-51,55-56H,4-7,9-10,12-13,15,18,21-22,25,28-29,31-48H2,1-3H3,(H,54,57)/b11-8+,17-14+,19-16-,24-23-,27-26-,30-20-. The molecular weight excluding hydrogens is 731 g/mol. The largest absolute Gasteiger partial charge is 0.462 e. The topological polar surface area (TPSA) is 95.9 Å². The first-order valence-electron chi connectivity index (χ1n) is 24.7. The molecule has 3 unspecified atom stereocenters. The summed E-state index contributed by atoms with van der Waals surface area (Å²) in [7, 11) is 0. The van der Waals surface area contributed by atoms with Crippen molar-refractivity contribution in [2.75, 3.05) is 6.61 Å². The number of nitrogens with one attached hydrogen (secondary N) is 1. The lowest BCUT2D eigenvalue weighted by atomic mass is 10.0. The summed E-state index contributed by atoms with van der Waals surface area (Å²) in [5, 5.41) is 23.6. The Hall–Kier alpha value is -2.70. The van der Waals surface area contributed by atoms with Crippen molar-refractivity contribution in [3.63, 3.8) is 0 Å². The average Bonchev–Trinajstić information content (AvgIpc) is 3.23. The van der Waals surface area contributed by atoms with Crippen LogP contribution in [0.4, 0.5) is 0 Å². The summed E-state index contributed by atoms with van der Waals surface area (Å²) in [5.74, 6) is -0.528. The second-order valence-corrected chi connectivity index (χ2v) is 16.5. The van der Waals surface area contributed by atoms with Gasteiger partial charge >= 0.3 is 5.97 Å². The van der Waals surface area contributed by atoms with E-state index >= 15 is 0 Å². The van der Waals surface area contributed by atoms with Gasteiger partial charge in [-0.05, 0) is 83.5 Å². The van der Waals surface area contributed by atoms with Crippen molar-refractivity contribution < 1.29 is 24.5 Å². The van der Waals surface area contributed by atoms with E-state index < -0.39 is 18.2 Å². The summed E-state index contributed by atoms with van der Waals surface area (Å²) >= 11 is 0. The van der Waals surface area contributed by atoms with Gasteiger partial charge < -0.3 is 20.3 Å². The molecule has 0 aliphatic heterocycles. The lowest BCUT2D eigenvalue weighted by Crippen LogP contribution is -2.46. The molecule has 59 heavy (non-hydrogen) atoms. The van der Waals surface area contributed by atoms with Crippen LogP contribution in [-0.4, -0.2) is 46.9 Å². The number of unbranched alkanes of at least 4 members (excludes halogenated alkanes) is 21. The number of carbonyl (C=O) groups excluding carboxylic acids is 2. The van der Waals surface area contributed by atoms with Crippen molar-refractivity contribution in [3.05, 3.63) is 72.9 Å². The number of allylic oxidation sites excluding steroid dienone is 12. The van der Waals surface area contributed by atoms with Crippen molar-refractivity contribution in [3.8, 4) is 0 Å². The second kappa shape index (κ2) is 46.4. The Bertz CT molecular complexity index is 1110. The fraction of sp³-hybridized carbons (Fsp3) is 0.736. The van der Waals surface area contributed by atoms with Crippen LogP contribution in [0.5, 0.6) is 0 Å². The summed E-state index contributed by atoms with van der Waals surface area (Å²) in [5.41, 5.74) is 0. The molecule has 0 aliphatic rings. The monoisotopic (exact) mass is 824 g/mol. The summed E-state index contributed by atoms with van der Waals surface area (Å²) in [6.45, 7) is 6.28. The van der Waals surface area contributed by atoms with Crippen molar-refractivity contribution in [1.29, 1.82) is 0 Å². The SMILES string of the molecule is CC/C=C/C=C/C=C\CCCCCC(CC(=O)NC(CO)C(O)CCCCCCCCCCCC)OC(=O)CCCCCCCC/C=C\C/C=C\C/C=C\CCCCC. The molecule has 0 fully saturated rings. The third-order valence-electron chi connectivity index (χ3n) is 10.8. The molecule has 3 atom stereocenters. The molecule has 6 heteroatoms. The van der Waals surface area contributed by atoms with Crippen molar-refractivity contribution in [2.45, 2.75) is 244 Å². The first-order chi connectivity index (χ1) is 29.0.